The number of nitrogens with zero attached hydrogens (tertiary/aromatic N) is 1. The van der Waals surface area contributed by atoms with Crippen molar-refractivity contribution in [3.63, 3.8) is 0 Å². The Morgan fingerprint density at radius 3 is 2.55 bits per heavy atom. The molecular weight excluding hydrogens is 396 g/mol. The minimum Gasteiger partial charge on any atom is -0.492 e. The van der Waals surface area contributed by atoms with E-state index < -0.39 is 0 Å². The first-order valence-corrected chi connectivity index (χ1v) is 11.1. The average Bonchev–Trinajstić information content (AvgIpc) is 3.58. The van der Waals surface area contributed by atoms with Gasteiger partial charge in [-0.25, -0.2) is 0 Å². The van der Waals surface area contributed by atoms with Crippen molar-refractivity contribution in [3.05, 3.63) is 35.6 Å². The van der Waals surface area contributed by atoms with E-state index in [1.165, 1.54) is 4.90 Å². The quantitative estimate of drug-likeness (QED) is 0.583. The van der Waals surface area contributed by atoms with Gasteiger partial charge in [-0.3, -0.25) is 14.4 Å². The lowest BCUT2D eigenvalue weighted by Gasteiger charge is -2.24. The Hall–Kier alpha value is -2.61. The van der Waals surface area contributed by atoms with Gasteiger partial charge in [-0.15, -0.1) is 0 Å². The highest BCUT2D eigenvalue weighted by Gasteiger charge is 2.37. The van der Waals surface area contributed by atoms with Crippen LogP contribution in [0.25, 0.3) is 0 Å². The fraction of sp³-hybridized carbons (Fsp3) is 0.609. The second kappa shape index (κ2) is 12.9. The van der Waals surface area contributed by atoms with Crippen LogP contribution in [0.1, 0.15) is 39.5 Å². The lowest BCUT2D eigenvalue weighted by atomic mass is 10.1. The summed E-state index contributed by atoms with van der Waals surface area (Å²) in [6.45, 7) is 5.30. The Balaban J connectivity index is 2.09. The molecule has 0 spiro atoms. The number of nitrogens with one attached hydrogen (secondary N) is 3. The zero-order chi connectivity index (χ0) is 22.6. The molecule has 2 rings (SSSR count). The van der Waals surface area contributed by atoms with E-state index in [1.54, 1.807) is 7.05 Å². The molecule has 3 N–H and O–H groups in total. The molecule has 0 saturated heterocycles. The lowest BCUT2D eigenvalue weighted by Crippen LogP contribution is -2.50. The monoisotopic (exact) mass is 432 g/mol. The molecule has 1 atom stereocenters. The number of carbonyl (C=O) groups is 3. The van der Waals surface area contributed by atoms with E-state index in [0.717, 1.165) is 37.0 Å². The summed E-state index contributed by atoms with van der Waals surface area (Å²) in [5.74, 6) is 0.406. The Morgan fingerprint density at radius 2 is 1.84 bits per heavy atom. The molecule has 0 aromatic rings. The number of rotatable bonds is 3. The van der Waals surface area contributed by atoms with Crippen molar-refractivity contribution in [2.45, 2.75) is 45.6 Å². The molecular formula is C23H36N4O4. The third-order valence-electron chi connectivity index (χ3n) is 5.31. The molecule has 0 radical (unpaired) electrons. The van der Waals surface area contributed by atoms with Gasteiger partial charge in [0.15, 0.2) is 0 Å². The first-order chi connectivity index (χ1) is 14.9. The van der Waals surface area contributed by atoms with Crippen LogP contribution in [-0.4, -0.2) is 68.5 Å². The van der Waals surface area contributed by atoms with Crippen LogP contribution in [0, 0.1) is 5.92 Å². The highest BCUT2D eigenvalue weighted by molar-refractivity contribution is 5.89. The average molecular weight is 433 g/mol. The highest BCUT2D eigenvalue weighted by Crippen LogP contribution is 2.33. The molecule has 2 aliphatic rings. The highest BCUT2D eigenvalue weighted by atomic mass is 16.5. The smallest absolute Gasteiger partial charge is 0.240 e. The van der Waals surface area contributed by atoms with Gasteiger partial charge in [0.2, 0.25) is 17.7 Å². The van der Waals surface area contributed by atoms with E-state index >= 15 is 0 Å². The van der Waals surface area contributed by atoms with Crippen molar-refractivity contribution >= 4 is 17.7 Å². The molecule has 0 aromatic carbocycles. The van der Waals surface area contributed by atoms with E-state index in [0.29, 0.717) is 25.6 Å². The van der Waals surface area contributed by atoms with Crippen molar-refractivity contribution in [2.75, 3.05) is 39.8 Å². The van der Waals surface area contributed by atoms with Crippen LogP contribution in [0.3, 0.4) is 0 Å². The minimum atomic E-state index is -0.346. The molecule has 8 heteroatoms. The molecule has 1 unspecified atom stereocenters. The first-order valence-electron chi connectivity index (χ1n) is 11.1. The summed E-state index contributed by atoms with van der Waals surface area (Å²) in [6.07, 6.45) is 11.3. The van der Waals surface area contributed by atoms with Gasteiger partial charge < -0.3 is 25.6 Å². The van der Waals surface area contributed by atoms with E-state index in [9.17, 15) is 14.4 Å². The van der Waals surface area contributed by atoms with Crippen LogP contribution < -0.4 is 16.0 Å². The number of ether oxygens (including phenoxy) is 1. The van der Waals surface area contributed by atoms with E-state index in [4.69, 9.17) is 4.74 Å². The third-order valence-corrected chi connectivity index (χ3v) is 5.31. The number of likely N-dealkylation sites (N-methyl/N-ethyl adjacent to an activating group) is 1. The van der Waals surface area contributed by atoms with Crippen molar-refractivity contribution in [1.29, 1.82) is 0 Å². The molecule has 0 aromatic heterocycles. The van der Waals surface area contributed by atoms with Gasteiger partial charge in [0.25, 0.3) is 0 Å². The van der Waals surface area contributed by atoms with Crippen LogP contribution in [-0.2, 0) is 19.1 Å². The predicted molar refractivity (Wildman–Crippen MR) is 120 cm³/mol. The van der Waals surface area contributed by atoms with E-state index in [-0.39, 0.29) is 36.9 Å². The van der Waals surface area contributed by atoms with Crippen LogP contribution in [0.4, 0.5) is 0 Å². The predicted octanol–water partition coefficient (Wildman–Crippen LogP) is 1.26. The summed E-state index contributed by atoms with van der Waals surface area (Å²) in [4.78, 5) is 38.4. The van der Waals surface area contributed by atoms with Gasteiger partial charge in [0.05, 0.1) is 19.1 Å². The van der Waals surface area contributed by atoms with Crippen molar-refractivity contribution < 1.29 is 19.1 Å². The first kappa shape index (κ1) is 24.7. The molecule has 1 fully saturated rings. The molecule has 1 saturated carbocycles. The normalized spacial score (nSPS) is 26.4. The Bertz CT molecular complexity index is 725. The summed E-state index contributed by atoms with van der Waals surface area (Å²) in [5.41, 5.74) is 1.10. The van der Waals surface area contributed by atoms with Crippen molar-refractivity contribution in [2.24, 2.45) is 5.92 Å². The number of carbonyl (C=O) groups excluding carboxylic acids is 3. The second-order valence-electron chi connectivity index (χ2n) is 8.07. The van der Waals surface area contributed by atoms with Crippen LogP contribution in [0.2, 0.25) is 0 Å². The maximum atomic E-state index is 12.9. The van der Waals surface area contributed by atoms with Crippen LogP contribution >= 0.6 is 0 Å². The number of hydrogen-bond donors (Lipinski definition) is 3. The Morgan fingerprint density at radius 1 is 1.06 bits per heavy atom. The van der Waals surface area contributed by atoms with Gasteiger partial charge in [-0.2, -0.15) is 0 Å². The zero-order valence-electron chi connectivity index (χ0n) is 18.9. The summed E-state index contributed by atoms with van der Waals surface area (Å²) < 4.78 is 6.02. The van der Waals surface area contributed by atoms with Crippen LogP contribution in [0.5, 0.6) is 0 Å². The minimum absolute atomic E-state index is 0.0741. The molecule has 0 bridgehead atoms. The molecule has 1 aliphatic carbocycles. The van der Waals surface area contributed by atoms with Crippen molar-refractivity contribution in [3.8, 4) is 0 Å². The van der Waals surface area contributed by atoms with E-state index in [1.807, 2.05) is 38.2 Å². The maximum absolute atomic E-state index is 12.9. The fourth-order valence-corrected chi connectivity index (χ4v) is 3.36. The molecule has 31 heavy (non-hydrogen) atoms. The molecule has 172 valence electrons. The maximum Gasteiger partial charge on any atom is 0.240 e. The zero-order valence-corrected chi connectivity index (χ0v) is 18.9. The van der Waals surface area contributed by atoms with Gasteiger partial charge in [0.1, 0.15) is 12.4 Å². The third kappa shape index (κ3) is 8.96. The van der Waals surface area contributed by atoms with E-state index in [2.05, 4.69) is 16.0 Å². The van der Waals surface area contributed by atoms with Gasteiger partial charge in [-0.05, 0) is 57.1 Å². The molecule has 1 heterocycles. The largest absolute Gasteiger partial charge is 0.492 e. The van der Waals surface area contributed by atoms with Crippen LogP contribution in [0.15, 0.2) is 35.6 Å². The summed E-state index contributed by atoms with van der Waals surface area (Å²) in [7, 11) is 1.62. The topological polar surface area (TPSA) is 99.8 Å². The number of amides is 3. The van der Waals surface area contributed by atoms with Crippen molar-refractivity contribution in [1.82, 2.24) is 20.9 Å². The SMILES string of the molecule is C\C=C/C=C\C1=C(/C)CCCNC(=O)CNC(=O)CN(C)C(=O)C(C2CC2)NCCO1. The summed E-state index contributed by atoms with van der Waals surface area (Å²) >= 11 is 0. The second-order valence-corrected chi connectivity index (χ2v) is 8.07. The summed E-state index contributed by atoms with van der Waals surface area (Å²) in [6, 6.07) is -0.323. The number of allylic oxidation sites excluding steroid dienone is 5. The van der Waals surface area contributed by atoms with Gasteiger partial charge >= 0.3 is 0 Å². The summed E-state index contributed by atoms with van der Waals surface area (Å²) in [5, 5.41) is 8.71. The standard InChI is InChI=1S/C23H36N4O4/c1-4-5-6-9-19-17(2)8-7-12-24-20(28)15-26-21(29)16-27(3)23(30)22(18-10-11-18)25-13-14-31-19/h4-6,9,18,22,25H,7-8,10-16H2,1-3H3,(H,24,28)(H,26,29)/b5-4-,9-6-,19-17-. The fourth-order valence-electron chi connectivity index (χ4n) is 3.36. The van der Waals surface area contributed by atoms with Gasteiger partial charge in [0, 0.05) is 20.1 Å². The molecule has 1 aliphatic heterocycles. The molecule has 3 amide bonds. The Labute approximate surface area is 185 Å². The number of hydrogen-bond acceptors (Lipinski definition) is 5. The lowest BCUT2D eigenvalue weighted by molar-refractivity contribution is -0.137. The Kier molecular flexibility index (Phi) is 10.3. The molecule has 8 nitrogen and oxygen atoms in total. The van der Waals surface area contributed by atoms with Gasteiger partial charge in [-0.1, -0.05) is 18.2 Å².